The molecular weight excluding hydrogens is 550 g/mol. The van der Waals surface area contributed by atoms with Crippen molar-refractivity contribution in [3.63, 3.8) is 0 Å². The minimum atomic E-state index is -2.59. The van der Waals surface area contributed by atoms with E-state index >= 15 is 0 Å². The van der Waals surface area contributed by atoms with Gasteiger partial charge in [-0.15, -0.1) is 0 Å². The van der Waals surface area contributed by atoms with Crippen LogP contribution in [0.4, 0.5) is 20.4 Å². The molecule has 43 heavy (non-hydrogen) atoms. The second kappa shape index (κ2) is 15.3. The standard InChI is InChI=1S/C34H44F2N4O3/c1-4-5-6-7-8-9-18-43-33(41)24-10-13-27(14-11-24)34(3,42)29-15-12-26(22-38-29)28-19-23(2)20-31(39-28)40-30-21-25(32(35)36)16-17-37-30/h12,15-17,19-22,24,27,32,42H,4-11,13-14,18H2,1-3H3,(H,37,39,40)/t24-,27-,34?. The number of pyridine rings is 3. The predicted molar refractivity (Wildman–Crippen MR) is 164 cm³/mol. The van der Waals surface area contributed by atoms with Crippen LogP contribution in [-0.4, -0.2) is 32.6 Å². The fraction of sp³-hybridized carbons (Fsp3) is 0.529. The van der Waals surface area contributed by atoms with Gasteiger partial charge in [-0.2, -0.15) is 0 Å². The number of carbonyl (C=O) groups excluding carboxylic acids is 1. The van der Waals surface area contributed by atoms with Gasteiger partial charge in [0.25, 0.3) is 6.43 Å². The van der Waals surface area contributed by atoms with Gasteiger partial charge in [0.2, 0.25) is 0 Å². The van der Waals surface area contributed by atoms with E-state index in [0.29, 0.717) is 36.7 Å². The van der Waals surface area contributed by atoms with Crippen LogP contribution in [0.15, 0.2) is 48.8 Å². The molecule has 0 amide bonds. The van der Waals surface area contributed by atoms with Crippen molar-refractivity contribution in [2.75, 3.05) is 11.9 Å². The second-order valence-electron chi connectivity index (χ2n) is 11.9. The highest BCUT2D eigenvalue weighted by atomic mass is 19.3. The summed E-state index contributed by atoms with van der Waals surface area (Å²) in [7, 11) is 0. The van der Waals surface area contributed by atoms with E-state index in [4.69, 9.17) is 4.74 Å². The summed E-state index contributed by atoms with van der Waals surface area (Å²) in [6.07, 6.45) is 10.2. The van der Waals surface area contributed by atoms with Crippen molar-refractivity contribution in [1.29, 1.82) is 0 Å². The molecule has 1 fully saturated rings. The number of anilines is 2. The number of alkyl halides is 2. The Kier molecular flexibility index (Phi) is 11.6. The molecule has 3 aromatic heterocycles. The van der Waals surface area contributed by atoms with Crippen LogP contribution in [0.25, 0.3) is 11.3 Å². The van der Waals surface area contributed by atoms with Gasteiger partial charge in [0, 0.05) is 23.5 Å². The number of nitrogens with one attached hydrogen (secondary N) is 1. The quantitative estimate of drug-likeness (QED) is 0.143. The van der Waals surface area contributed by atoms with Gasteiger partial charge in [-0.3, -0.25) is 9.78 Å². The molecule has 0 bridgehead atoms. The van der Waals surface area contributed by atoms with Crippen LogP contribution >= 0.6 is 0 Å². The van der Waals surface area contributed by atoms with Crippen molar-refractivity contribution in [3.05, 3.63) is 65.6 Å². The summed E-state index contributed by atoms with van der Waals surface area (Å²) >= 11 is 0. The molecule has 0 radical (unpaired) electrons. The van der Waals surface area contributed by atoms with Gasteiger partial charge in [-0.1, -0.05) is 39.0 Å². The van der Waals surface area contributed by atoms with E-state index in [-0.39, 0.29) is 29.2 Å². The molecule has 1 saturated carbocycles. The Balaban J connectivity index is 1.33. The molecule has 3 aromatic rings. The molecule has 1 unspecified atom stereocenters. The summed E-state index contributed by atoms with van der Waals surface area (Å²) in [5.74, 6) is 0.536. The maximum absolute atomic E-state index is 13.1. The van der Waals surface area contributed by atoms with Crippen molar-refractivity contribution in [2.45, 2.75) is 97.0 Å². The highest BCUT2D eigenvalue weighted by molar-refractivity contribution is 5.72. The molecule has 9 heteroatoms. The van der Waals surface area contributed by atoms with Gasteiger partial charge in [0.15, 0.2) is 0 Å². The Morgan fingerprint density at radius 1 is 1.02 bits per heavy atom. The third kappa shape index (κ3) is 9.02. The largest absolute Gasteiger partial charge is 0.465 e. The van der Waals surface area contributed by atoms with Crippen molar-refractivity contribution in [1.82, 2.24) is 15.0 Å². The zero-order valence-electron chi connectivity index (χ0n) is 25.5. The molecule has 0 spiro atoms. The maximum atomic E-state index is 13.1. The van der Waals surface area contributed by atoms with Gasteiger partial charge >= 0.3 is 5.97 Å². The van der Waals surface area contributed by atoms with Crippen LogP contribution in [0.3, 0.4) is 0 Å². The number of esters is 1. The Labute approximate surface area is 253 Å². The van der Waals surface area contributed by atoms with Crippen molar-refractivity contribution >= 4 is 17.6 Å². The summed E-state index contributed by atoms with van der Waals surface area (Å²) in [6.45, 7) is 6.41. The average molecular weight is 595 g/mol. The number of rotatable bonds is 14. The van der Waals surface area contributed by atoms with E-state index < -0.39 is 12.0 Å². The van der Waals surface area contributed by atoms with Crippen molar-refractivity contribution < 1.29 is 23.4 Å². The Morgan fingerprint density at radius 3 is 2.47 bits per heavy atom. The lowest BCUT2D eigenvalue weighted by Gasteiger charge is -2.37. The van der Waals surface area contributed by atoms with Gasteiger partial charge < -0.3 is 15.2 Å². The number of unbranched alkanes of at least 4 members (excludes halogenated alkanes) is 5. The van der Waals surface area contributed by atoms with Gasteiger partial charge in [-0.25, -0.2) is 18.7 Å². The molecule has 1 aliphatic rings. The minimum Gasteiger partial charge on any atom is -0.465 e. The van der Waals surface area contributed by atoms with Crippen LogP contribution in [-0.2, 0) is 15.1 Å². The van der Waals surface area contributed by atoms with E-state index in [0.717, 1.165) is 36.8 Å². The number of halogens is 2. The number of carbonyl (C=O) groups is 1. The SMILES string of the molecule is CCCCCCCCOC(=O)[C@H]1CC[C@H](C(C)(O)c2ccc(-c3cc(C)cc(Nc4cc(C(F)F)ccn4)n3)cn2)CC1. The van der Waals surface area contributed by atoms with Crippen LogP contribution in [0.1, 0.15) is 101 Å². The van der Waals surface area contributed by atoms with Crippen LogP contribution in [0.2, 0.25) is 0 Å². The summed E-state index contributed by atoms with van der Waals surface area (Å²) < 4.78 is 31.7. The molecule has 3 heterocycles. The topological polar surface area (TPSA) is 97.2 Å². The highest BCUT2D eigenvalue weighted by Gasteiger charge is 2.39. The fourth-order valence-electron chi connectivity index (χ4n) is 5.78. The molecule has 2 N–H and O–H groups in total. The molecule has 232 valence electrons. The zero-order chi connectivity index (χ0) is 30.8. The number of nitrogens with zero attached hydrogens (tertiary/aromatic N) is 3. The fourth-order valence-corrected chi connectivity index (χ4v) is 5.78. The summed E-state index contributed by atoms with van der Waals surface area (Å²) in [5, 5.41) is 14.5. The molecule has 0 aliphatic heterocycles. The first-order valence-corrected chi connectivity index (χ1v) is 15.5. The number of ether oxygens (including phenoxy) is 1. The number of aryl methyl sites for hydroxylation is 1. The van der Waals surface area contributed by atoms with E-state index in [9.17, 15) is 18.7 Å². The number of hydrogen-bond donors (Lipinski definition) is 2. The molecule has 1 atom stereocenters. The van der Waals surface area contributed by atoms with Crippen molar-refractivity contribution in [2.24, 2.45) is 11.8 Å². The monoisotopic (exact) mass is 594 g/mol. The molecule has 4 rings (SSSR count). The lowest BCUT2D eigenvalue weighted by atomic mass is 9.73. The number of aliphatic hydroxyl groups is 1. The van der Waals surface area contributed by atoms with E-state index in [2.05, 4.69) is 27.2 Å². The first-order valence-electron chi connectivity index (χ1n) is 15.5. The van der Waals surface area contributed by atoms with Crippen molar-refractivity contribution in [3.8, 4) is 11.3 Å². The third-order valence-corrected chi connectivity index (χ3v) is 8.44. The normalized spacial score (nSPS) is 18.3. The summed E-state index contributed by atoms with van der Waals surface area (Å²) in [6, 6.07) is 10.0. The summed E-state index contributed by atoms with van der Waals surface area (Å²) in [5.41, 5.74) is 1.66. The highest BCUT2D eigenvalue weighted by Crippen LogP contribution is 2.41. The molecule has 0 saturated heterocycles. The first-order chi connectivity index (χ1) is 20.7. The maximum Gasteiger partial charge on any atom is 0.308 e. The minimum absolute atomic E-state index is 0.0159. The Bertz CT molecular complexity index is 1330. The van der Waals surface area contributed by atoms with E-state index in [1.807, 2.05) is 31.2 Å². The molecule has 7 nitrogen and oxygen atoms in total. The van der Waals surface area contributed by atoms with Crippen LogP contribution in [0.5, 0.6) is 0 Å². The average Bonchev–Trinajstić information content (AvgIpc) is 3.00. The summed E-state index contributed by atoms with van der Waals surface area (Å²) in [4.78, 5) is 26.0. The number of aromatic nitrogens is 3. The van der Waals surface area contributed by atoms with E-state index in [1.54, 1.807) is 13.1 Å². The lowest BCUT2D eigenvalue weighted by Crippen LogP contribution is -2.37. The van der Waals surface area contributed by atoms with Gasteiger partial charge in [-0.05, 0) is 93.8 Å². The number of hydrogen-bond acceptors (Lipinski definition) is 7. The Morgan fingerprint density at radius 2 is 1.77 bits per heavy atom. The smallest absolute Gasteiger partial charge is 0.308 e. The molecule has 1 aliphatic carbocycles. The molecular formula is C34H44F2N4O3. The third-order valence-electron chi connectivity index (χ3n) is 8.44. The van der Waals surface area contributed by atoms with Gasteiger partial charge in [0.05, 0.1) is 23.9 Å². The first kappa shape index (κ1) is 32.5. The predicted octanol–water partition coefficient (Wildman–Crippen LogP) is 8.45. The van der Waals surface area contributed by atoms with E-state index in [1.165, 1.54) is 44.0 Å². The molecule has 0 aromatic carbocycles. The second-order valence-corrected chi connectivity index (χ2v) is 11.9. The van der Waals surface area contributed by atoms with Crippen LogP contribution < -0.4 is 5.32 Å². The Hall–Kier alpha value is -3.46. The lowest BCUT2D eigenvalue weighted by molar-refractivity contribution is -0.151. The van der Waals surface area contributed by atoms with Crippen LogP contribution in [0, 0.1) is 18.8 Å². The van der Waals surface area contributed by atoms with Gasteiger partial charge in [0.1, 0.15) is 17.2 Å². The zero-order valence-corrected chi connectivity index (χ0v) is 25.5.